The number of carboxylic acid groups (broad SMARTS) is 1. The number of carboxylic acids is 1. The Bertz CT molecular complexity index is 522. The average Bonchev–Trinajstić information content (AvgIpc) is 2.44. The molecule has 0 spiro atoms. The van der Waals surface area contributed by atoms with E-state index in [9.17, 15) is 9.59 Å². The molecule has 1 N–H and O–H groups in total. The molecular formula is C14H16N2O4. The van der Waals surface area contributed by atoms with Gasteiger partial charge in [0.25, 0.3) is 5.91 Å². The van der Waals surface area contributed by atoms with E-state index in [1.807, 2.05) is 6.07 Å². The summed E-state index contributed by atoms with van der Waals surface area (Å²) < 4.78 is 5.31. The smallest absolute Gasteiger partial charge is 0.303 e. The van der Waals surface area contributed by atoms with E-state index < -0.39 is 5.97 Å². The van der Waals surface area contributed by atoms with Gasteiger partial charge in [-0.05, 0) is 18.6 Å². The SMILES string of the molecule is CN(CCCC(=O)O)C(=O)COc1ccccc1C#N. The molecule has 20 heavy (non-hydrogen) atoms. The van der Waals surface area contributed by atoms with Crippen LogP contribution in [0.5, 0.6) is 5.75 Å². The number of amides is 1. The first-order valence-electron chi connectivity index (χ1n) is 6.12. The minimum atomic E-state index is -0.884. The molecule has 1 amide bonds. The lowest BCUT2D eigenvalue weighted by atomic mass is 10.2. The molecule has 0 heterocycles. The van der Waals surface area contributed by atoms with Crippen LogP contribution in [0.15, 0.2) is 24.3 Å². The Morgan fingerprint density at radius 1 is 1.40 bits per heavy atom. The largest absolute Gasteiger partial charge is 0.482 e. The standard InChI is InChI=1S/C14H16N2O4/c1-16(8-4-7-14(18)19)13(17)10-20-12-6-3-2-5-11(12)9-15/h2-3,5-6H,4,7-8,10H2,1H3,(H,18,19). The third-order valence-corrected chi connectivity index (χ3v) is 2.67. The maximum Gasteiger partial charge on any atom is 0.303 e. The van der Waals surface area contributed by atoms with E-state index >= 15 is 0 Å². The van der Waals surface area contributed by atoms with Crippen molar-refractivity contribution in [1.82, 2.24) is 4.90 Å². The van der Waals surface area contributed by atoms with E-state index in [4.69, 9.17) is 15.1 Å². The zero-order valence-electron chi connectivity index (χ0n) is 11.2. The predicted molar refractivity (Wildman–Crippen MR) is 71.2 cm³/mol. The first-order chi connectivity index (χ1) is 9.54. The summed E-state index contributed by atoms with van der Waals surface area (Å²) in [5.74, 6) is -0.782. The van der Waals surface area contributed by atoms with Crippen molar-refractivity contribution in [2.45, 2.75) is 12.8 Å². The summed E-state index contributed by atoms with van der Waals surface area (Å²) in [6.07, 6.45) is 0.419. The number of hydrogen-bond donors (Lipinski definition) is 1. The molecule has 6 nitrogen and oxygen atoms in total. The number of aliphatic carboxylic acids is 1. The highest BCUT2D eigenvalue weighted by Gasteiger charge is 2.11. The summed E-state index contributed by atoms with van der Waals surface area (Å²) in [4.78, 5) is 23.6. The molecule has 0 saturated heterocycles. The van der Waals surface area contributed by atoms with Gasteiger partial charge >= 0.3 is 5.97 Å². The van der Waals surface area contributed by atoms with E-state index in [2.05, 4.69) is 0 Å². The van der Waals surface area contributed by atoms with E-state index in [1.54, 1.807) is 31.3 Å². The van der Waals surface area contributed by atoms with Gasteiger partial charge in [0.1, 0.15) is 11.8 Å². The summed E-state index contributed by atoms with van der Waals surface area (Å²) in [5.41, 5.74) is 0.369. The maximum absolute atomic E-state index is 11.8. The van der Waals surface area contributed by atoms with E-state index in [1.165, 1.54) is 4.90 Å². The van der Waals surface area contributed by atoms with Gasteiger partial charge in [0.05, 0.1) is 5.56 Å². The van der Waals surface area contributed by atoms with Crippen LogP contribution in [-0.2, 0) is 9.59 Å². The van der Waals surface area contributed by atoms with Crippen LogP contribution in [0.25, 0.3) is 0 Å². The molecule has 106 valence electrons. The van der Waals surface area contributed by atoms with Crippen LogP contribution in [0, 0.1) is 11.3 Å². The normalized spacial score (nSPS) is 9.60. The molecule has 1 aromatic carbocycles. The minimum Gasteiger partial charge on any atom is -0.482 e. The van der Waals surface area contributed by atoms with Crippen molar-refractivity contribution in [2.24, 2.45) is 0 Å². The number of carbonyl (C=O) groups excluding carboxylic acids is 1. The maximum atomic E-state index is 11.8. The van der Waals surface area contributed by atoms with Crippen molar-refractivity contribution in [1.29, 1.82) is 5.26 Å². The highest BCUT2D eigenvalue weighted by molar-refractivity contribution is 5.77. The number of benzene rings is 1. The van der Waals surface area contributed by atoms with Gasteiger partial charge in [0.2, 0.25) is 0 Å². The molecule has 0 aromatic heterocycles. The van der Waals surface area contributed by atoms with Crippen molar-refractivity contribution in [2.75, 3.05) is 20.2 Å². The van der Waals surface area contributed by atoms with E-state index in [-0.39, 0.29) is 18.9 Å². The molecule has 0 atom stereocenters. The molecule has 0 aliphatic heterocycles. The third-order valence-electron chi connectivity index (χ3n) is 2.67. The van der Waals surface area contributed by atoms with Crippen LogP contribution < -0.4 is 4.74 Å². The van der Waals surface area contributed by atoms with Crippen LogP contribution in [0.2, 0.25) is 0 Å². The van der Waals surface area contributed by atoms with Gasteiger partial charge in [-0.15, -0.1) is 0 Å². The number of nitriles is 1. The Morgan fingerprint density at radius 3 is 2.75 bits per heavy atom. The Kier molecular flexibility index (Phi) is 6.04. The van der Waals surface area contributed by atoms with Gasteiger partial charge in [0.15, 0.2) is 6.61 Å². The Labute approximate surface area is 117 Å². The Balaban J connectivity index is 2.43. The number of para-hydroxylation sites is 1. The van der Waals surface area contributed by atoms with Gasteiger partial charge in [0, 0.05) is 20.0 Å². The van der Waals surface area contributed by atoms with Crippen LogP contribution in [-0.4, -0.2) is 42.1 Å². The molecule has 0 fully saturated rings. The lowest BCUT2D eigenvalue weighted by Crippen LogP contribution is -2.32. The van der Waals surface area contributed by atoms with E-state index in [0.717, 1.165) is 0 Å². The van der Waals surface area contributed by atoms with Crippen LogP contribution in [0.4, 0.5) is 0 Å². The van der Waals surface area contributed by atoms with Gasteiger partial charge in [-0.3, -0.25) is 9.59 Å². The second kappa shape index (κ2) is 7.79. The molecular weight excluding hydrogens is 260 g/mol. The number of nitrogens with zero attached hydrogens (tertiary/aromatic N) is 2. The van der Waals surface area contributed by atoms with Crippen molar-refractivity contribution in [3.63, 3.8) is 0 Å². The van der Waals surface area contributed by atoms with Crippen molar-refractivity contribution < 1.29 is 19.4 Å². The molecule has 6 heteroatoms. The molecule has 0 unspecified atom stereocenters. The first kappa shape index (κ1) is 15.5. The lowest BCUT2D eigenvalue weighted by Gasteiger charge is -2.17. The van der Waals surface area contributed by atoms with Crippen molar-refractivity contribution >= 4 is 11.9 Å². The monoisotopic (exact) mass is 276 g/mol. The minimum absolute atomic E-state index is 0.0236. The zero-order valence-corrected chi connectivity index (χ0v) is 11.2. The average molecular weight is 276 g/mol. The number of carbonyl (C=O) groups is 2. The summed E-state index contributed by atoms with van der Waals surface area (Å²) in [6, 6.07) is 8.64. The highest BCUT2D eigenvalue weighted by Crippen LogP contribution is 2.16. The second-order valence-electron chi connectivity index (χ2n) is 4.21. The van der Waals surface area contributed by atoms with Crippen molar-refractivity contribution in [3.05, 3.63) is 29.8 Å². The topological polar surface area (TPSA) is 90.6 Å². The summed E-state index contributed by atoms with van der Waals surface area (Å²) in [5, 5.41) is 17.4. The van der Waals surface area contributed by atoms with Crippen molar-refractivity contribution in [3.8, 4) is 11.8 Å². The molecule has 0 aliphatic carbocycles. The fourth-order valence-corrected chi connectivity index (χ4v) is 1.53. The molecule has 0 bridgehead atoms. The van der Waals surface area contributed by atoms with Gasteiger partial charge in [-0.2, -0.15) is 5.26 Å². The highest BCUT2D eigenvalue weighted by atomic mass is 16.5. The zero-order chi connectivity index (χ0) is 15.0. The second-order valence-corrected chi connectivity index (χ2v) is 4.21. The lowest BCUT2D eigenvalue weighted by molar-refractivity contribution is -0.138. The predicted octanol–water partition coefficient (Wildman–Crippen LogP) is 1.26. The molecule has 0 radical (unpaired) electrons. The summed E-state index contributed by atoms with van der Waals surface area (Å²) in [6.45, 7) is 0.177. The summed E-state index contributed by atoms with van der Waals surface area (Å²) >= 11 is 0. The first-order valence-corrected chi connectivity index (χ1v) is 6.12. The van der Waals surface area contributed by atoms with E-state index in [0.29, 0.717) is 24.3 Å². The van der Waals surface area contributed by atoms with Crippen LogP contribution >= 0.6 is 0 Å². The fraction of sp³-hybridized carbons (Fsp3) is 0.357. The molecule has 0 aliphatic rings. The number of hydrogen-bond acceptors (Lipinski definition) is 4. The summed E-state index contributed by atoms with van der Waals surface area (Å²) in [7, 11) is 1.59. The fourth-order valence-electron chi connectivity index (χ4n) is 1.53. The molecule has 0 saturated carbocycles. The Morgan fingerprint density at radius 2 is 2.10 bits per heavy atom. The van der Waals surface area contributed by atoms with Crippen LogP contribution in [0.3, 0.4) is 0 Å². The van der Waals surface area contributed by atoms with Gasteiger partial charge in [-0.25, -0.2) is 0 Å². The quantitative estimate of drug-likeness (QED) is 0.809. The number of rotatable bonds is 7. The van der Waals surface area contributed by atoms with Gasteiger partial charge in [-0.1, -0.05) is 12.1 Å². The molecule has 1 aromatic rings. The number of ether oxygens (including phenoxy) is 1. The molecule has 1 rings (SSSR count). The third kappa shape index (κ3) is 4.98. The van der Waals surface area contributed by atoms with Gasteiger partial charge < -0.3 is 14.7 Å². The number of likely N-dealkylation sites (N-methyl/N-ethyl adjacent to an activating group) is 1. The Hall–Kier alpha value is -2.55. The van der Waals surface area contributed by atoms with Crippen LogP contribution in [0.1, 0.15) is 18.4 Å².